The summed E-state index contributed by atoms with van der Waals surface area (Å²) in [5.74, 6) is -2.22. The highest BCUT2D eigenvalue weighted by atomic mass is 19.4. The molecule has 1 fully saturated rings. The quantitative estimate of drug-likeness (QED) is 0.396. The maximum absolute atomic E-state index is 13.0. The molecule has 2 aromatic heterocycles. The Balaban J connectivity index is 0.000000532. The Morgan fingerprint density at radius 3 is 2.28 bits per heavy atom. The van der Waals surface area contributed by atoms with Crippen LogP contribution in [0, 0.1) is 6.92 Å². The van der Waals surface area contributed by atoms with Gasteiger partial charge in [0.05, 0.1) is 0 Å². The van der Waals surface area contributed by atoms with Crippen LogP contribution in [0.4, 0.5) is 27.6 Å². The molecule has 208 valence electrons. The lowest BCUT2D eigenvalue weighted by Gasteiger charge is -2.16. The number of aryl methyl sites for hydroxylation is 1. The molecular weight excluding hydrogens is 531 g/mol. The third-order valence-electron chi connectivity index (χ3n) is 5.72. The molecule has 1 amide bonds. The van der Waals surface area contributed by atoms with E-state index >= 15 is 0 Å². The minimum absolute atomic E-state index is 0.103. The second kappa shape index (κ2) is 12.0. The number of alkyl halides is 3. The Hall–Kier alpha value is -4.40. The van der Waals surface area contributed by atoms with E-state index in [1.165, 1.54) is 4.57 Å². The molecule has 1 saturated heterocycles. The summed E-state index contributed by atoms with van der Waals surface area (Å²) in [4.78, 5) is 39.3. The van der Waals surface area contributed by atoms with E-state index in [0.29, 0.717) is 17.8 Å². The summed E-state index contributed by atoms with van der Waals surface area (Å²) in [6.45, 7) is 2.16. The number of hydrogen-bond donors (Lipinski definition) is 3. The number of amides is 1. The fraction of sp³-hybridized carbons (Fsp3) is 0.292. The number of nitrogens with two attached hydrogens (primary N) is 1. The van der Waals surface area contributed by atoms with Crippen LogP contribution in [0.2, 0.25) is 0 Å². The number of rotatable bonds is 6. The first-order valence-electron chi connectivity index (χ1n) is 11.4. The molecule has 0 bridgehead atoms. The van der Waals surface area contributed by atoms with E-state index in [2.05, 4.69) is 15.2 Å². The maximum atomic E-state index is 13.0. The smallest absolute Gasteiger partial charge is 0.475 e. The van der Waals surface area contributed by atoms with Gasteiger partial charge in [-0.1, -0.05) is 12.1 Å². The Morgan fingerprint density at radius 2 is 1.79 bits per heavy atom. The van der Waals surface area contributed by atoms with Gasteiger partial charge >= 0.3 is 17.8 Å². The van der Waals surface area contributed by atoms with Crippen molar-refractivity contribution < 1.29 is 36.6 Å². The SMILES string of the molecule is Cc1cc(-c2ccc(N3CCCC3=O)cc2)cnc1-n1c(CC(CN)=C(F)F)n[nH]c1=O.O=C(O)C(F)(F)F. The summed E-state index contributed by atoms with van der Waals surface area (Å²) in [6, 6.07) is 9.47. The number of aromatic amines is 1. The van der Waals surface area contributed by atoms with Gasteiger partial charge in [-0.25, -0.2) is 24.2 Å². The lowest BCUT2D eigenvalue weighted by atomic mass is 10.1. The summed E-state index contributed by atoms with van der Waals surface area (Å²) in [7, 11) is 0. The number of benzene rings is 1. The zero-order valence-electron chi connectivity index (χ0n) is 20.4. The molecule has 0 aliphatic carbocycles. The topological polar surface area (TPSA) is 147 Å². The molecule has 1 aromatic carbocycles. The minimum atomic E-state index is -5.08. The zero-order chi connectivity index (χ0) is 28.9. The number of H-pyrrole nitrogens is 1. The molecule has 15 heteroatoms. The third kappa shape index (κ3) is 6.93. The molecular formula is C24H23F5N6O4. The third-order valence-corrected chi connectivity index (χ3v) is 5.72. The average molecular weight is 554 g/mol. The molecule has 3 aromatic rings. The molecule has 4 N–H and O–H groups in total. The van der Waals surface area contributed by atoms with Crippen LogP contribution in [0.25, 0.3) is 16.9 Å². The number of halogens is 5. The Bertz CT molecular complexity index is 1440. The van der Waals surface area contributed by atoms with Gasteiger partial charge in [-0.3, -0.25) is 4.79 Å². The van der Waals surface area contributed by atoms with Crippen LogP contribution < -0.4 is 16.3 Å². The highest BCUT2D eigenvalue weighted by Crippen LogP contribution is 2.27. The van der Waals surface area contributed by atoms with Gasteiger partial charge in [0.1, 0.15) is 11.6 Å². The van der Waals surface area contributed by atoms with Crippen molar-refractivity contribution in [1.29, 1.82) is 0 Å². The standard InChI is InChI=1S/C22H22F2N6O2.C2HF3O2/c1-13-9-16(14-4-6-17(7-5-14)29-8-2-3-19(29)31)12-26-21(13)30-18(27-28-22(30)32)10-15(11-25)20(23)24;3-2(4,5)1(6)7/h4-7,9,12H,2-3,8,10-11,25H2,1H3,(H,28,32);(H,6,7). The Kier molecular flexibility index (Phi) is 8.96. The summed E-state index contributed by atoms with van der Waals surface area (Å²) in [5.41, 5.74) is 7.77. The number of pyridine rings is 1. The number of nitrogens with zero attached hydrogens (tertiary/aromatic N) is 4. The molecule has 1 aliphatic rings. The number of hydrogen-bond acceptors (Lipinski definition) is 6. The molecule has 10 nitrogen and oxygen atoms in total. The van der Waals surface area contributed by atoms with E-state index in [0.717, 1.165) is 29.8 Å². The molecule has 0 spiro atoms. The molecule has 4 rings (SSSR count). The summed E-state index contributed by atoms with van der Waals surface area (Å²) < 4.78 is 59.0. The molecule has 0 atom stereocenters. The van der Waals surface area contributed by atoms with Gasteiger partial charge in [0.2, 0.25) is 5.91 Å². The summed E-state index contributed by atoms with van der Waals surface area (Å²) in [5, 5.41) is 13.3. The van der Waals surface area contributed by atoms with Crippen molar-refractivity contribution in [2.45, 2.75) is 32.4 Å². The monoisotopic (exact) mass is 554 g/mol. The number of anilines is 1. The van der Waals surface area contributed by atoms with Crippen molar-refractivity contribution >= 4 is 17.6 Å². The number of carbonyl (C=O) groups excluding carboxylic acids is 1. The average Bonchev–Trinajstić information content (AvgIpc) is 3.47. The molecule has 0 radical (unpaired) electrons. The van der Waals surface area contributed by atoms with Crippen LogP contribution in [0.3, 0.4) is 0 Å². The van der Waals surface area contributed by atoms with Gasteiger partial charge in [0.25, 0.3) is 6.08 Å². The Morgan fingerprint density at radius 1 is 1.15 bits per heavy atom. The van der Waals surface area contributed by atoms with Gasteiger partial charge in [-0.05, 0) is 42.7 Å². The van der Waals surface area contributed by atoms with Crippen LogP contribution >= 0.6 is 0 Å². The largest absolute Gasteiger partial charge is 0.490 e. The van der Waals surface area contributed by atoms with Gasteiger partial charge < -0.3 is 15.7 Å². The zero-order valence-corrected chi connectivity index (χ0v) is 20.4. The molecule has 3 heterocycles. The van der Waals surface area contributed by atoms with Gasteiger partial charge in [-0.2, -0.15) is 27.1 Å². The lowest BCUT2D eigenvalue weighted by molar-refractivity contribution is -0.192. The predicted octanol–water partition coefficient (Wildman–Crippen LogP) is 3.34. The van der Waals surface area contributed by atoms with Crippen LogP contribution in [-0.4, -0.2) is 56.0 Å². The Labute approximate surface area is 217 Å². The van der Waals surface area contributed by atoms with E-state index in [9.17, 15) is 31.5 Å². The van der Waals surface area contributed by atoms with Crippen LogP contribution in [0.1, 0.15) is 24.2 Å². The van der Waals surface area contributed by atoms with E-state index in [1.807, 2.05) is 30.3 Å². The van der Waals surface area contributed by atoms with Gasteiger partial charge in [0.15, 0.2) is 0 Å². The van der Waals surface area contributed by atoms with E-state index in [1.54, 1.807) is 18.0 Å². The van der Waals surface area contributed by atoms with Crippen molar-refractivity contribution in [3.63, 3.8) is 0 Å². The first-order chi connectivity index (χ1) is 18.3. The fourth-order valence-electron chi connectivity index (χ4n) is 3.79. The lowest BCUT2D eigenvalue weighted by Crippen LogP contribution is -2.23. The second-order valence-electron chi connectivity index (χ2n) is 8.39. The first-order valence-corrected chi connectivity index (χ1v) is 11.4. The van der Waals surface area contributed by atoms with E-state index in [-0.39, 0.29) is 30.3 Å². The van der Waals surface area contributed by atoms with Crippen molar-refractivity contribution in [3.8, 4) is 16.9 Å². The number of carboxylic acids is 1. The summed E-state index contributed by atoms with van der Waals surface area (Å²) in [6.07, 6.45) is -4.19. The number of carbonyl (C=O) groups is 2. The molecule has 1 aliphatic heterocycles. The summed E-state index contributed by atoms with van der Waals surface area (Å²) >= 11 is 0. The second-order valence-corrected chi connectivity index (χ2v) is 8.39. The van der Waals surface area contributed by atoms with Gasteiger partial charge in [-0.15, -0.1) is 0 Å². The van der Waals surface area contributed by atoms with Crippen LogP contribution in [0.5, 0.6) is 0 Å². The number of nitrogens with one attached hydrogen (secondary N) is 1. The molecule has 39 heavy (non-hydrogen) atoms. The van der Waals surface area contributed by atoms with Crippen molar-refractivity contribution in [3.05, 3.63) is 70.1 Å². The van der Waals surface area contributed by atoms with Crippen LogP contribution in [0.15, 0.2) is 53.0 Å². The number of aliphatic carboxylic acids is 1. The highest BCUT2D eigenvalue weighted by molar-refractivity contribution is 5.95. The fourth-order valence-corrected chi connectivity index (χ4v) is 3.79. The minimum Gasteiger partial charge on any atom is -0.475 e. The van der Waals surface area contributed by atoms with Crippen molar-refractivity contribution in [2.75, 3.05) is 18.0 Å². The van der Waals surface area contributed by atoms with E-state index < -0.39 is 23.9 Å². The highest BCUT2D eigenvalue weighted by Gasteiger charge is 2.38. The number of aromatic nitrogens is 4. The van der Waals surface area contributed by atoms with E-state index in [4.69, 9.17) is 15.6 Å². The molecule has 0 saturated carbocycles. The molecule has 0 unspecified atom stereocenters. The van der Waals surface area contributed by atoms with Crippen molar-refractivity contribution in [1.82, 2.24) is 19.7 Å². The van der Waals surface area contributed by atoms with Gasteiger partial charge in [0, 0.05) is 49.0 Å². The first kappa shape index (κ1) is 29.2. The van der Waals surface area contributed by atoms with Crippen molar-refractivity contribution in [2.24, 2.45) is 5.73 Å². The predicted molar refractivity (Wildman–Crippen MR) is 129 cm³/mol. The van der Waals surface area contributed by atoms with Crippen LogP contribution in [-0.2, 0) is 16.0 Å². The normalized spacial score (nSPS) is 13.2. The number of carboxylic acid groups (broad SMARTS) is 1. The maximum Gasteiger partial charge on any atom is 0.490 e.